The minimum atomic E-state index is 0.876. The molecule has 0 spiro atoms. The van der Waals surface area contributed by atoms with E-state index in [4.69, 9.17) is 4.98 Å². The molecule has 0 atom stereocenters. The molecular formula is C20H20N3+. The molecule has 0 aliphatic heterocycles. The van der Waals surface area contributed by atoms with Gasteiger partial charge >= 0.3 is 5.82 Å². The average molecular weight is 302 g/mol. The molecule has 23 heavy (non-hydrogen) atoms. The fourth-order valence-corrected chi connectivity index (χ4v) is 3.54. The average Bonchev–Trinajstić information content (AvgIpc) is 2.91. The SMILES string of the molecule is Cc1cc(C)c(C)c(-c2ncc3c([n+]2C)Cc2ncccc2-3)c1. The Morgan fingerprint density at radius 2 is 1.83 bits per heavy atom. The van der Waals surface area contributed by atoms with E-state index in [-0.39, 0.29) is 0 Å². The Labute approximate surface area is 136 Å². The van der Waals surface area contributed by atoms with E-state index in [0.29, 0.717) is 0 Å². The second kappa shape index (κ2) is 4.98. The van der Waals surface area contributed by atoms with E-state index < -0.39 is 0 Å². The lowest BCUT2D eigenvalue weighted by atomic mass is 9.99. The van der Waals surface area contributed by atoms with Crippen LogP contribution in [0.3, 0.4) is 0 Å². The fourth-order valence-electron chi connectivity index (χ4n) is 3.54. The molecular weight excluding hydrogens is 282 g/mol. The Bertz CT molecular complexity index is 942. The third-order valence-electron chi connectivity index (χ3n) is 4.92. The minimum Gasteiger partial charge on any atom is -0.260 e. The summed E-state index contributed by atoms with van der Waals surface area (Å²) >= 11 is 0. The Hall–Kier alpha value is -2.55. The molecule has 2 heterocycles. The smallest absolute Gasteiger partial charge is 0.260 e. The molecule has 4 rings (SSSR count). The largest absolute Gasteiger partial charge is 0.330 e. The van der Waals surface area contributed by atoms with Crippen molar-refractivity contribution < 1.29 is 4.57 Å². The lowest BCUT2D eigenvalue weighted by Gasteiger charge is -2.10. The molecule has 3 aromatic rings. The van der Waals surface area contributed by atoms with Crippen molar-refractivity contribution in [3.63, 3.8) is 0 Å². The highest BCUT2D eigenvalue weighted by molar-refractivity contribution is 5.73. The topological polar surface area (TPSA) is 29.7 Å². The molecule has 0 saturated carbocycles. The van der Waals surface area contributed by atoms with Crippen molar-refractivity contribution in [1.82, 2.24) is 9.97 Å². The molecule has 1 aliphatic rings. The molecule has 0 saturated heterocycles. The van der Waals surface area contributed by atoms with Crippen LogP contribution in [0.25, 0.3) is 22.5 Å². The van der Waals surface area contributed by atoms with Gasteiger partial charge < -0.3 is 0 Å². The monoisotopic (exact) mass is 302 g/mol. The van der Waals surface area contributed by atoms with E-state index in [1.807, 2.05) is 18.5 Å². The van der Waals surface area contributed by atoms with Gasteiger partial charge in [-0.15, -0.1) is 0 Å². The highest BCUT2D eigenvalue weighted by Crippen LogP contribution is 2.34. The number of hydrogen-bond donors (Lipinski definition) is 0. The molecule has 0 amide bonds. The number of hydrogen-bond acceptors (Lipinski definition) is 2. The summed E-state index contributed by atoms with van der Waals surface area (Å²) in [6.07, 6.45) is 4.75. The van der Waals surface area contributed by atoms with E-state index in [1.54, 1.807) is 0 Å². The molecule has 0 radical (unpaired) electrons. The molecule has 2 aromatic heterocycles. The molecule has 3 nitrogen and oxygen atoms in total. The van der Waals surface area contributed by atoms with Crippen LogP contribution in [0.1, 0.15) is 28.1 Å². The van der Waals surface area contributed by atoms with Crippen LogP contribution in [0, 0.1) is 20.8 Å². The highest BCUT2D eigenvalue weighted by Gasteiger charge is 2.29. The molecule has 0 unspecified atom stereocenters. The summed E-state index contributed by atoms with van der Waals surface area (Å²) in [5, 5.41) is 0. The van der Waals surface area contributed by atoms with Gasteiger partial charge in [0.2, 0.25) is 0 Å². The summed E-state index contributed by atoms with van der Waals surface area (Å²) < 4.78 is 2.23. The third kappa shape index (κ3) is 2.07. The lowest BCUT2D eigenvalue weighted by molar-refractivity contribution is -0.669. The van der Waals surface area contributed by atoms with Gasteiger partial charge in [-0.3, -0.25) is 4.98 Å². The van der Waals surface area contributed by atoms with Crippen LogP contribution in [-0.4, -0.2) is 9.97 Å². The first kappa shape index (κ1) is 14.1. The van der Waals surface area contributed by atoms with Gasteiger partial charge in [-0.2, -0.15) is 0 Å². The van der Waals surface area contributed by atoms with Crippen LogP contribution in [-0.2, 0) is 13.5 Å². The second-order valence-electron chi connectivity index (χ2n) is 6.43. The predicted octanol–water partition coefficient (Wildman–Crippen LogP) is 3.46. The zero-order chi connectivity index (χ0) is 16.1. The van der Waals surface area contributed by atoms with Gasteiger partial charge in [-0.25, -0.2) is 4.57 Å². The van der Waals surface area contributed by atoms with Crippen LogP contribution in [0.4, 0.5) is 0 Å². The second-order valence-corrected chi connectivity index (χ2v) is 6.43. The summed E-state index contributed by atoms with van der Waals surface area (Å²) in [5.74, 6) is 1.03. The molecule has 3 heteroatoms. The van der Waals surface area contributed by atoms with Gasteiger partial charge in [-0.05, 0) is 54.6 Å². The van der Waals surface area contributed by atoms with Crippen molar-refractivity contribution in [2.75, 3.05) is 0 Å². The zero-order valence-corrected chi connectivity index (χ0v) is 14.0. The first-order valence-electron chi connectivity index (χ1n) is 7.96. The first-order valence-corrected chi connectivity index (χ1v) is 7.96. The van der Waals surface area contributed by atoms with Crippen molar-refractivity contribution in [1.29, 1.82) is 0 Å². The normalized spacial score (nSPS) is 12.2. The predicted molar refractivity (Wildman–Crippen MR) is 91.1 cm³/mol. The number of nitrogens with zero attached hydrogens (tertiary/aromatic N) is 3. The van der Waals surface area contributed by atoms with Gasteiger partial charge in [0, 0.05) is 11.8 Å². The van der Waals surface area contributed by atoms with E-state index in [1.165, 1.54) is 39.1 Å². The maximum absolute atomic E-state index is 4.80. The van der Waals surface area contributed by atoms with Crippen LogP contribution >= 0.6 is 0 Å². The van der Waals surface area contributed by atoms with Crippen LogP contribution in [0.2, 0.25) is 0 Å². The summed E-state index contributed by atoms with van der Waals surface area (Å²) in [4.78, 5) is 9.32. The van der Waals surface area contributed by atoms with Crippen molar-refractivity contribution in [2.24, 2.45) is 7.05 Å². The summed E-state index contributed by atoms with van der Waals surface area (Å²) in [6, 6.07) is 8.59. The van der Waals surface area contributed by atoms with Gasteiger partial charge in [0.1, 0.15) is 5.69 Å². The maximum atomic E-state index is 4.80. The quantitative estimate of drug-likeness (QED) is 0.504. The summed E-state index contributed by atoms with van der Waals surface area (Å²) in [7, 11) is 2.12. The Morgan fingerprint density at radius 3 is 2.65 bits per heavy atom. The van der Waals surface area contributed by atoms with E-state index in [2.05, 4.69) is 55.6 Å². The number of rotatable bonds is 1. The highest BCUT2D eigenvalue weighted by atomic mass is 15.0. The molecule has 1 aromatic carbocycles. The van der Waals surface area contributed by atoms with E-state index in [9.17, 15) is 0 Å². The Balaban J connectivity index is 1.93. The number of aromatic nitrogens is 3. The van der Waals surface area contributed by atoms with E-state index >= 15 is 0 Å². The first-order chi connectivity index (χ1) is 11.1. The van der Waals surface area contributed by atoms with Crippen LogP contribution in [0.15, 0.2) is 36.7 Å². The van der Waals surface area contributed by atoms with Gasteiger partial charge in [0.15, 0.2) is 6.20 Å². The van der Waals surface area contributed by atoms with E-state index in [0.717, 1.165) is 17.9 Å². The maximum Gasteiger partial charge on any atom is 0.330 e. The Kier molecular flexibility index (Phi) is 3.05. The zero-order valence-electron chi connectivity index (χ0n) is 14.0. The van der Waals surface area contributed by atoms with Gasteiger partial charge in [0.05, 0.1) is 30.3 Å². The van der Waals surface area contributed by atoms with Gasteiger partial charge in [0.25, 0.3) is 0 Å². The van der Waals surface area contributed by atoms with Crippen LogP contribution < -0.4 is 4.57 Å². The molecule has 1 aliphatic carbocycles. The number of benzene rings is 1. The number of aryl methyl sites for hydroxylation is 2. The van der Waals surface area contributed by atoms with Gasteiger partial charge in [-0.1, -0.05) is 12.1 Å². The molecule has 0 fully saturated rings. The fraction of sp³-hybridized carbons (Fsp3) is 0.250. The molecule has 0 N–H and O–H groups in total. The summed E-state index contributed by atoms with van der Waals surface area (Å²) in [6.45, 7) is 6.48. The number of fused-ring (bicyclic) bond motifs is 3. The third-order valence-corrected chi connectivity index (χ3v) is 4.92. The van der Waals surface area contributed by atoms with Crippen molar-refractivity contribution in [2.45, 2.75) is 27.2 Å². The van der Waals surface area contributed by atoms with Crippen molar-refractivity contribution >= 4 is 0 Å². The summed E-state index contributed by atoms with van der Waals surface area (Å²) in [5.41, 5.74) is 9.97. The van der Waals surface area contributed by atoms with Crippen LogP contribution in [0.5, 0.6) is 0 Å². The molecule has 0 bridgehead atoms. The van der Waals surface area contributed by atoms with Crippen molar-refractivity contribution in [3.8, 4) is 22.5 Å². The molecule has 114 valence electrons. The number of pyridine rings is 1. The minimum absolute atomic E-state index is 0.876. The standard InChI is InChI=1S/C20H20N3/c1-12-8-13(2)14(3)16(9-12)20-22-11-17-15-6-5-7-21-18(15)10-19(17)23(20)4/h5-9,11H,10H2,1-4H3/q+1. The Morgan fingerprint density at radius 1 is 1.00 bits per heavy atom. The van der Waals surface area contributed by atoms with Crippen molar-refractivity contribution in [3.05, 3.63) is 64.7 Å². The lowest BCUT2D eigenvalue weighted by Crippen LogP contribution is -2.37.